The summed E-state index contributed by atoms with van der Waals surface area (Å²) >= 11 is 0. The molecule has 0 aliphatic heterocycles. The molecule has 2 atom stereocenters. The average Bonchev–Trinajstić information content (AvgIpc) is 3.35. The van der Waals surface area contributed by atoms with Gasteiger partial charge in [-0.25, -0.2) is 0 Å². The van der Waals surface area contributed by atoms with Gasteiger partial charge in [-0.05, 0) is 89.9 Å². The van der Waals surface area contributed by atoms with Crippen molar-refractivity contribution in [2.75, 3.05) is 13.2 Å². The highest BCUT2D eigenvalue weighted by Crippen LogP contribution is 2.16. The minimum Gasteiger partial charge on any atom is -0.466 e. The van der Waals surface area contributed by atoms with Crippen LogP contribution in [0.5, 0.6) is 0 Å². The Morgan fingerprint density at radius 2 is 0.725 bits per heavy atom. The number of aliphatic hydroxyl groups is 2. The van der Waals surface area contributed by atoms with E-state index >= 15 is 0 Å². The molecule has 6 heteroatoms. The molecule has 0 bridgehead atoms. The largest absolute Gasteiger partial charge is 0.466 e. The van der Waals surface area contributed by atoms with Crippen LogP contribution in [0.1, 0.15) is 316 Å². The number of ether oxygens (including phenoxy) is 1. The number of nitrogens with one attached hydrogen (secondary N) is 1. The zero-order chi connectivity index (χ0) is 50.0. The molecule has 0 spiro atoms. The monoisotopic (exact) mass is 968 g/mol. The number of rotatable bonds is 56. The summed E-state index contributed by atoms with van der Waals surface area (Å²) < 4.78 is 5.46. The van der Waals surface area contributed by atoms with E-state index in [4.69, 9.17) is 4.74 Å². The molecule has 6 nitrogen and oxygen atoms in total. The summed E-state index contributed by atoms with van der Waals surface area (Å²) in [5, 5.41) is 23.2. The van der Waals surface area contributed by atoms with E-state index in [2.05, 4.69) is 55.6 Å². The number of hydrogen-bond acceptors (Lipinski definition) is 5. The number of allylic oxidation sites excluding steroid dienone is 7. The van der Waals surface area contributed by atoms with Crippen molar-refractivity contribution in [3.05, 3.63) is 48.6 Å². The highest BCUT2D eigenvalue weighted by atomic mass is 16.5. The van der Waals surface area contributed by atoms with Crippen LogP contribution >= 0.6 is 0 Å². The molecule has 0 aromatic carbocycles. The molecule has 0 aliphatic rings. The summed E-state index contributed by atoms with van der Waals surface area (Å²) in [6.07, 6.45) is 74.2. The van der Waals surface area contributed by atoms with Crippen LogP contribution in [0.25, 0.3) is 0 Å². The van der Waals surface area contributed by atoms with E-state index in [9.17, 15) is 19.8 Å². The molecule has 0 saturated heterocycles. The normalized spacial score (nSPS) is 12.9. The van der Waals surface area contributed by atoms with Gasteiger partial charge >= 0.3 is 5.97 Å². The molecule has 0 saturated carbocycles. The summed E-state index contributed by atoms with van der Waals surface area (Å²) in [5.41, 5.74) is 0. The number of unbranched alkanes of at least 4 members (excludes halogenated alkanes) is 39. The Balaban J connectivity index is 3.50. The molecule has 0 radical (unpaired) electrons. The van der Waals surface area contributed by atoms with E-state index in [-0.39, 0.29) is 18.5 Å². The van der Waals surface area contributed by atoms with Gasteiger partial charge in [-0.2, -0.15) is 0 Å². The van der Waals surface area contributed by atoms with Gasteiger partial charge in [0.2, 0.25) is 5.91 Å². The summed E-state index contributed by atoms with van der Waals surface area (Å²) in [5.74, 6) is -0.0959. The first-order valence-corrected chi connectivity index (χ1v) is 30.4. The zero-order valence-electron chi connectivity index (χ0n) is 46.0. The summed E-state index contributed by atoms with van der Waals surface area (Å²) in [7, 11) is 0. The minimum atomic E-state index is -0.854. The number of hydrogen-bond donors (Lipinski definition) is 3. The van der Waals surface area contributed by atoms with Crippen LogP contribution < -0.4 is 5.32 Å². The van der Waals surface area contributed by atoms with Gasteiger partial charge in [-0.3, -0.25) is 9.59 Å². The molecule has 0 aromatic rings. The Morgan fingerprint density at radius 1 is 0.406 bits per heavy atom. The molecule has 2 unspecified atom stereocenters. The van der Waals surface area contributed by atoms with Crippen molar-refractivity contribution < 1.29 is 24.5 Å². The van der Waals surface area contributed by atoms with E-state index < -0.39 is 12.1 Å². The molecule has 0 rings (SSSR count). The third-order valence-corrected chi connectivity index (χ3v) is 13.8. The Kier molecular flexibility index (Phi) is 56.5. The van der Waals surface area contributed by atoms with Crippen molar-refractivity contribution in [3.63, 3.8) is 0 Å². The van der Waals surface area contributed by atoms with Crippen LogP contribution in [0.3, 0.4) is 0 Å². The van der Waals surface area contributed by atoms with Gasteiger partial charge in [-0.15, -0.1) is 0 Å². The van der Waals surface area contributed by atoms with E-state index in [1.54, 1.807) is 6.08 Å². The van der Waals surface area contributed by atoms with Gasteiger partial charge in [0.05, 0.1) is 25.4 Å². The van der Waals surface area contributed by atoms with Crippen molar-refractivity contribution in [2.45, 2.75) is 328 Å². The van der Waals surface area contributed by atoms with Gasteiger partial charge in [0.1, 0.15) is 0 Å². The smallest absolute Gasteiger partial charge is 0.305 e. The number of aliphatic hydroxyl groups excluding tert-OH is 2. The summed E-state index contributed by atoms with van der Waals surface area (Å²) in [4.78, 5) is 24.5. The number of carbonyl (C=O) groups excluding carboxylic acids is 2. The molecule has 0 aromatic heterocycles. The van der Waals surface area contributed by atoms with Crippen LogP contribution in [0, 0.1) is 0 Å². The van der Waals surface area contributed by atoms with Crippen LogP contribution in [0.4, 0.5) is 0 Å². The highest BCUT2D eigenvalue weighted by molar-refractivity contribution is 5.76. The lowest BCUT2D eigenvalue weighted by Crippen LogP contribution is -2.45. The fraction of sp³-hybridized carbons (Fsp3) is 0.841. The second-order valence-corrected chi connectivity index (χ2v) is 20.7. The van der Waals surface area contributed by atoms with E-state index in [0.717, 1.165) is 64.2 Å². The van der Waals surface area contributed by atoms with Crippen molar-refractivity contribution >= 4 is 11.9 Å². The van der Waals surface area contributed by atoms with Crippen molar-refractivity contribution in [3.8, 4) is 0 Å². The molecule has 69 heavy (non-hydrogen) atoms. The van der Waals surface area contributed by atoms with Gasteiger partial charge < -0.3 is 20.3 Å². The second-order valence-electron chi connectivity index (χ2n) is 20.7. The second kappa shape index (κ2) is 58.4. The SMILES string of the molecule is CCCCC/C=C\C/C=C\CCCCCCCC(=O)OCCCCCCCC/C=C\CCCCCCCCCC(=O)NC(CO)C(O)/C=C/CCCCCCCCCCCCCCCCCCCC. The molecular weight excluding hydrogens is 851 g/mol. The first-order chi connectivity index (χ1) is 34.0. The number of carbonyl (C=O) groups is 2. The van der Waals surface area contributed by atoms with E-state index in [1.807, 2.05) is 6.08 Å². The van der Waals surface area contributed by atoms with Gasteiger partial charge in [0.15, 0.2) is 0 Å². The fourth-order valence-electron chi connectivity index (χ4n) is 9.13. The Bertz CT molecular complexity index is 1160. The van der Waals surface area contributed by atoms with Gasteiger partial charge in [0, 0.05) is 12.8 Å². The molecule has 1 amide bonds. The Morgan fingerprint density at radius 3 is 1.14 bits per heavy atom. The highest BCUT2D eigenvalue weighted by Gasteiger charge is 2.18. The van der Waals surface area contributed by atoms with Crippen LogP contribution in [-0.2, 0) is 14.3 Å². The third kappa shape index (κ3) is 55.0. The Labute approximate surface area is 429 Å². The topological polar surface area (TPSA) is 95.9 Å². The van der Waals surface area contributed by atoms with Crippen molar-refractivity contribution in [1.82, 2.24) is 5.32 Å². The molecule has 0 aliphatic carbocycles. The first-order valence-electron chi connectivity index (χ1n) is 30.4. The van der Waals surface area contributed by atoms with Crippen LogP contribution in [-0.4, -0.2) is 47.4 Å². The summed E-state index contributed by atoms with van der Waals surface area (Å²) in [6, 6.07) is -0.639. The molecule has 0 fully saturated rings. The predicted octanol–water partition coefficient (Wildman–Crippen LogP) is 19.0. The lowest BCUT2D eigenvalue weighted by molar-refractivity contribution is -0.143. The predicted molar refractivity (Wildman–Crippen MR) is 301 cm³/mol. The van der Waals surface area contributed by atoms with Crippen LogP contribution in [0.15, 0.2) is 48.6 Å². The maximum Gasteiger partial charge on any atom is 0.305 e. The maximum absolute atomic E-state index is 12.5. The Hall–Kier alpha value is -2.18. The lowest BCUT2D eigenvalue weighted by Gasteiger charge is -2.20. The quantitative estimate of drug-likeness (QED) is 0.0321. The zero-order valence-corrected chi connectivity index (χ0v) is 46.0. The summed E-state index contributed by atoms with van der Waals surface area (Å²) in [6.45, 7) is 4.86. The number of esters is 1. The number of amides is 1. The minimum absolute atomic E-state index is 0.0169. The third-order valence-electron chi connectivity index (χ3n) is 13.8. The molecule has 404 valence electrons. The van der Waals surface area contributed by atoms with Gasteiger partial charge in [0.25, 0.3) is 0 Å². The standard InChI is InChI=1S/C63H117NO5/c1-3-5-7-9-11-13-15-17-19-20-21-22-24-28-31-35-39-43-47-51-55-61(66)60(59-65)64-62(67)56-52-48-44-40-36-32-29-25-23-26-30-34-38-42-46-50-54-58-69-63(68)57-53-49-45-41-37-33-27-18-16-14-12-10-8-6-4-2/h12,14,18,23,26-27,51,55,60-61,65-66H,3-11,13,15-17,19-22,24-25,28-50,52-54,56-59H2,1-2H3,(H,64,67)/b14-12-,26-23-,27-18-,55-51+. The van der Waals surface area contributed by atoms with Crippen molar-refractivity contribution in [1.29, 1.82) is 0 Å². The average molecular weight is 969 g/mol. The maximum atomic E-state index is 12.5. The molecular formula is C63H117NO5. The lowest BCUT2D eigenvalue weighted by atomic mass is 10.0. The molecule has 3 N–H and O–H groups in total. The first kappa shape index (κ1) is 66.8. The molecule has 0 heterocycles. The van der Waals surface area contributed by atoms with Gasteiger partial charge in [-0.1, -0.05) is 262 Å². The van der Waals surface area contributed by atoms with E-state index in [0.29, 0.717) is 19.4 Å². The van der Waals surface area contributed by atoms with Crippen LogP contribution in [0.2, 0.25) is 0 Å². The van der Waals surface area contributed by atoms with Crippen molar-refractivity contribution in [2.24, 2.45) is 0 Å². The fourth-order valence-corrected chi connectivity index (χ4v) is 9.13. The van der Waals surface area contributed by atoms with E-state index in [1.165, 1.54) is 225 Å².